The number of carbonyl (C=O) groups is 1. The van der Waals surface area contributed by atoms with Gasteiger partial charge in [0, 0.05) is 30.8 Å². The Bertz CT molecular complexity index is 563. The molecule has 0 atom stereocenters. The molecule has 6 nitrogen and oxygen atoms in total. The first kappa shape index (κ1) is 13.9. The number of rotatable bonds is 5. The molecule has 0 aliphatic carbocycles. The van der Waals surface area contributed by atoms with Gasteiger partial charge in [0.2, 0.25) is 0 Å². The molecule has 1 heterocycles. The number of nitrogens with one attached hydrogen (secondary N) is 2. The third kappa shape index (κ3) is 3.74. The van der Waals surface area contributed by atoms with Crippen LogP contribution in [-0.4, -0.2) is 22.3 Å². The summed E-state index contributed by atoms with van der Waals surface area (Å²) in [5.74, 6) is 0.957. The molecule has 0 aliphatic heterocycles. The second-order valence-electron chi connectivity index (χ2n) is 4.23. The van der Waals surface area contributed by atoms with Crippen LogP contribution >= 0.6 is 0 Å². The van der Waals surface area contributed by atoms with E-state index >= 15 is 0 Å². The van der Waals surface area contributed by atoms with Crippen molar-refractivity contribution in [2.75, 3.05) is 17.2 Å². The highest BCUT2D eigenvalue weighted by Crippen LogP contribution is 2.14. The molecule has 0 unspecified atom stereocenters. The molecule has 0 fully saturated rings. The maximum Gasteiger partial charge on any atom is 0.411 e. The molecular weight excluding hydrogens is 256 g/mol. The van der Waals surface area contributed by atoms with Gasteiger partial charge in [-0.3, -0.25) is 5.32 Å². The van der Waals surface area contributed by atoms with Crippen molar-refractivity contribution in [2.45, 2.75) is 13.5 Å². The minimum atomic E-state index is -0.443. The van der Waals surface area contributed by atoms with E-state index in [9.17, 15) is 4.79 Å². The van der Waals surface area contributed by atoms with Crippen LogP contribution in [0.2, 0.25) is 0 Å². The lowest BCUT2D eigenvalue weighted by Gasteiger charge is -2.08. The topological polar surface area (TPSA) is 68.2 Å². The van der Waals surface area contributed by atoms with E-state index in [-0.39, 0.29) is 0 Å². The highest BCUT2D eigenvalue weighted by molar-refractivity contribution is 5.84. The monoisotopic (exact) mass is 274 g/mol. The Morgan fingerprint density at radius 2 is 2.00 bits per heavy atom. The van der Waals surface area contributed by atoms with Crippen molar-refractivity contribution in [3.8, 4) is 0 Å². The minimum absolute atomic E-state index is 0.356. The summed E-state index contributed by atoms with van der Waals surface area (Å²) < 4.78 is 6.77. The molecular formula is C14H18N4O2. The molecule has 2 aromatic rings. The van der Waals surface area contributed by atoms with Crippen molar-refractivity contribution in [1.82, 2.24) is 9.55 Å². The summed E-state index contributed by atoms with van der Waals surface area (Å²) in [6.45, 7) is 2.77. The molecule has 0 aliphatic rings. The van der Waals surface area contributed by atoms with Crippen LogP contribution in [0.5, 0.6) is 0 Å². The zero-order valence-corrected chi connectivity index (χ0v) is 11.6. The van der Waals surface area contributed by atoms with Gasteiger partial charge < -0.3 is 14.6 Å². The molecule has 0 saturated heterocycles. The lowest BCUT2D eigenvalue weighted by Crippen LogP contribution is -2.13. The molecule has 1 aromatic carbocycles. The summed E-state index contributed by atoms with van der Waals surface area (Å²) in [4.78, 5) is 15.5. The largest absolute Gasteiger partial charge is 0.450 e. The number of nitrogens with zero attached hydrogens (tertiary/aromatic N) is 2. The van der Waals surface area contributed by atoms with Crippen molar-refractivity contribution in [3.05, 3.63) is 42.5 Å². The maximum absolute atomic E-state index is 11.3. The normalized spacial score (nSPS) is 10.1. The summed E-state index contributed by atoms with van der Waals surface area (Å²) in [5, 5.41) is 5.91. The number of ether oxygens (including phenoxy) is 1. The van der Waals surface area contributed by atoms with Gasteiger partial charge in [-0.15, -0.1) is 0 Å². The van der Waals surface area contributed by atoms with Gasteiger partial charge in [-0.05, 0) is 31.2 Å². The third-order valence-electron chi connectivity index (χ3n) is 2.78. The lowest BCUT2D eigenvalue weighted by molar-refractivity contribution is 0.168. The zero-order chi connectivity index (χ0) is 14.4. The molecule has 0 bridgehead atoms. The van der Waals surface area contributed by atoms with Crippen molar-refractivity contribution in [2.24, 2.45) is 7.05 Å². The fourth-order valence-electron chi connectivity index (χ4n) is 1.70. The number of carbonyl (C=O) groups excluding carboxylic acids is 1. The number of amides is 1. The van der Waals surface area contributed by atoms with Crippen LogP contribution in [0.25, 0.3) is 0 Å². The molecule has 1 aromatic heterocycles. The Hall–Kier alpha value is -2.50. The van der Waals surface area contributed by atoms with E-state index in [4.69, 9.17) is 4.74 Å². The second-order valence-corrected chi connectivity index (χ2v) is 4.23. The third-order valence-corrected chi connectivity index (χ3v) is 2.78. The fraction of sp³-hybridized carbons (Fsp3) is 0.286. The van der Waals surface area contributed by atoms with E-state index in [1.807, 2.05) is 42.1 Å². The second kappa shape index (κ2) is 6.60. The van der Waals surface area contributed by atoms with Crippen LogP contribution in [0, 0.1) is 0 Å². The summed E-state index contributed by atoms with van der Waals surface area (Å²) in [6, 6.07) is 7.42. The van der Waals surface area contributed by atoms with Gasteiger partial charge in [0.25, 0.3) is 0 Å². The predicted octanol–water partition coefficient (Wildman–Crippen LogP) is 2.60. The summed E-state index contributed by atoms with van der Waals surface area (Å²) in [5.41, 5.74) is 1.66. The zero-order valence-electron chi connectivity index (χ0n) is 11.6. The average molecular weight is 274 g/mol. The molecule has 106 valence electrons. The average Bonchev–Trinajstić information content (AvgIpc) is 2.84. The van der Waals surface area contributed by atoms with E-state index in [0.29, 0.717) is 18.8 Å². The smallest absolute Gasteiger partial charge is 0.411 e. The number of aryl methyl sites for hydroxylation is 1. The number of hydrogen-bond donors (Lipinski definition) is 2. The molecule has 6 heteroatoms. The van der Waals surface area contributed by atoms with Crippen LogP contribution in [0.15, 0.2) is 36.7 Å². The standard InChI is InChI=1S/C14H18N4O2/c1-3-20-14(19)17-12-6-4-11(5-7-12)16-10-13-15-8-9-18(13)2/h4-9,16H,3,10H2,1-2H3,(H,17,19). The number of anilines is 2. The molecule has 0 radical (unpaired) electrons. The Balaban J connectivity index is 1.88. The maximum atomic E-state index is 11.3. The quantitative estimate of drug-likeness (QED) is 0.879. The van der Waals surface area contributed by atoms with E-state index < -0.39 is 6.09 Å². The van der Waals surface area contributed by atoms with Gasteiger partial charge in [-0.2, -0.15) is 0 Å². The van der Waals surface area contributed by atoms with Gasteiger partial charge in [0.1, 0.15) is 5.82 Å². The Kier molecular flexibility index (Phi) is 4.60. The Morgan fingerprint density at radius 3 is 2.60 bits per heavy atom. The van der Waals surface area contributed by atoms with Gasteiger partial charge in [0.05, 0.1) is 13.2 Å². The summed E-state index contributed by atoms with van der Waals surface area (Å²) in [7, 11) is 1.95. The van der Waals surface area contributed by atoms with Crippen LogP contribution in [0.4, 0.5) is 16.2 Å². The van der Waals surface area contributed by atoms with Gasteiger partial charge in [-0.1, -0.05) is 0 Å². The van der Waals surface area contributed by atoms with E-state index in [2.05, 4.69) is 15.6 Å². The summed E-state index contributed by atoms with van der Waals surface area (Å²) in [6.07, 6.45) is 3.23. The number of aromatic nitrogens is 2. The molecule has 0 saturated carbocycles. The molecule has 20 heavy (non-hydrogen) atoms. The van der Waals surface area contributed by atoms with Crippen LogP contribution < -0.4 is 10.6 Å². The lowest BCUT2D eigenvalue weighted by atomic mass is 10.3. The first-order chi connectivity index (χ1) is 9.69. The molecule has 1 amide bonds. The first-order valence-corrected chi connectivity index (χ1v) is 6.43. The van der Waals surface area contributed by atoms with Crippen LogP contribution in [0.3, 0.4) is 0 Å². The molecule has 0 spiro atoms. The van der Waals surface area contributed by atoms with Crippen molar-refractivity contribution < 1.29 is 9.53 Å². The number of imidazole rings is 1. The van der Waals surface area contributed by atoms with Crippen molar-refractivity contribution >= 4 is 17.5 Å². The fourth-order valence-corrected chi connectivity index (χ4v) is 1.70. The molecule has 2 rings (SSSR count). The number of hydrogen-bond acceptors (Lipinski definition) is 4. The van der Waals surface area contributed by atoms with Gasteiger partial charge >= 0.3 is 6.09 Å². The van der Waals surface area contributed by atoms with Crippen molar-refractivity contribution in [3.63, 3.8) is 0 Å². The first-order valence-electron chi connectivity index (χ1n) is 6.43. The highest BCUT2D eigenvalue weighted by Gasteiger charge is 2.02. The highest BCUT2D eigenvalue weighted by atomic mass is 16.5. The predicted molar refractivity (Wildman–Crippen MR) is 77.6 cm³/mol. The summed E-state index contributed by atoms with van der Waals surface area (Å²) >= 11 is 0. The van der Waals surface area contributed by atoms with Crippen molar-refractivity contribution in [1.29, 1.82) is 0 Å². The van der Waals surface area contributed by atoms with E-state index in [0.717, 1.165) is 11.5 Å². The minimum Gasteiger partial charge on any atom is -0.450 e. The van der Waals surface area contributed by atoms with E-state index in [1.165, 1.54) is 0 Å². The molecule has 2 N–H and O–H groups in total. The van der Waals surface area contributed by atoms with Gasteiger partial charge in [0.15, 0.2) is 0 Å². The SMILES string of the molecule is CCOC(=O)Nc1ccc(NCc2nccn2C)cc1. The van der Waals surface area contributed by atoms with E-state index in [1.54, 1.807) is 13.1 Å². The van der Waals surface area contributed by atoms with Crippen LogP contribution in [0.1, 0.15) is 12.7 Å². The van der Waals surface area contributed by atoms with Crippen LogP contribution in [-0.2, 0) is 18.3 Å². The number of benzene rings is 1. The Morgan fingerprint density at radius 1 is 1.30 bits per heavy atom. The Labute approximate surface area is 117 Å². The van der Waals surface area contributed by atoms with Gasteiger partial charge in [-0.25, -0.2) is 9.78 Å².